The van der Waals surface area contributed by atoms with Crippen molar-refractivity contribution in [2.75, 3.05) is 0 Å². The molecule has 0 fully saturated rings. The number of rotatable bonds is 4. The lowest BCUT2D eigenvalue weighted by Gasteiger charge is -2.10. The molecule has 0 bridgehead atoms. The quantitative estimate of drug-likeness (QED) is 0.208. The molecule has 0 spiro atoms. The number of furan rings is 1. The lowest BCUT2D eigenvalue weighted by Crippen LogP contribution is -2.31. The summed E-state index contributed by atoms with van der Waals surface area (Å²) in [6.45, 7) is 4.29. The SMILES string of the molecule is Cc1c[n+](C)c(-c2c(C)ccc3c2oc2c(-c4cccc(-c5ccccc5)c4)c(C#N)ccc23)cc1-c1ccccc1. The summed E-state index contributed by atoms with van der Waals surface area (Å²) < 4.78 is 9.04. The van der Waals surface area contributed by atoms with E-state index in [1.165, 1.54) is 16.7 Å². The first-order chi connectivity index (χ1) is 20.5. The summed E-state index contributed by atoms with van der Waals surface area (Å²) in [7, 11) is 2.09. The van der Waals surface area contributed by atoms with Crippen LogP contribution in [0.15, 0.2) is 126 Å². The highest BCUT2D eigenvalue weighted by atomic mass is 16.3. The molecule has 0 unspecified atom stereocenters. The molecule has 5 aromatic carbocycles. The van der Waals surface area contributed by atoms with Crippen LogP contribution in [-0.2, 0) is 7.05 Å². The van der Waals surface area contributed by atoms with E-state index in [0.717, 1.165) is 61.0 Å². The Morgan fingerprint density at radius 2 is 1.21 bits per heavy atom. The minimum absolute atomic E-state index is 0.595. The number of benzene rings is 5. The lowest BCUT2D eigenvalue weighted by atomic mass is 9.93. The number of fused-ring (bicyclic) bond motifs is 3. The van der Waals surface area contributed by atoms with Gasteiger partial charge >= 0.3 is 0 Å². The number of nitrogens with zero attached hydrogens (tertiary/aromatic N) is 2. The number of aromatic nitrogens is 1. The predicted molar refractivity (Wildman–Crippen MR) is 171 cm³/mol. The van der Waals surface area contributed by atoms with Crippen LogP contribution >= 0.6 is 0 Å². The van der Waals surface area contributed by atoms with Gasteiger partial charge in [-0.3, -0.25) is 0 Å². The molecule has 3 heteroatoms. The number of pyridine rings is 1. The largest absolute Gasteiger partial charge is 0.454 e. The zero-order valence-electron chi connectivity index (χ0n) is 23.8. The van der Waals surface area contributed by atoms with E-state index in [9.17, 15) is 5.26 Å². The van der Waals surface area contributed by atoms with E-state index < -0.39 is 0 Å². The van der Waals surface area contributed by atoms with Gasteiger partial charge in [0.05, 0.1) is 17.2 Å². The molecule has 0 saturated heterocycles. The first-order valence-corrected chi connectivity index (χ1v) is 14.1. The highest BCUT2D eigenvalue weighted by Crippen LogP contribution is 2.43. The smallest absolute Gasteiger partial charge is 0.216 e. The number of hydrogen-bond donors (Lipinski definition) is 0. The lowest BCUT2D eigenvalue weighted by molar-refractivity contribution is -0.660. The second kappa shape index (κ2) is 10.2. The Labute approximate surface area is 245 Å². The zero-order valence-corrected chi connectivity index (χ0v) is 23.8. The summed E-state index contributed by atoms with van der Waals surface area (Å²) in [4.78, 5) is 0. The number of aryl methyl sites for hydroxylation is 3. The molecular weight excluding hydrogens is 512 g/mol. The molecule has 7 aromatic rings. The number of hydrogen-bond acceptors (Lipinski definition) is 2. The Balaban J connectivity index is 1.50. The van der Waals surface area contributed by atoms with E-state index >= 15 is 0 Å². The highest BCUT2D eigenvalue weighted by Gasteiger charge is 2.24. The third-order valence-electron chi connectivity index (χ3n) is 8.21. The van der Waals surface area contributed by atoms with E-state index in [2.05, 4.69) is 111 Å². The fourth-order valence-corrected chi connectivity index (χ4v) is 6.14. The molecule has 7 rings (SSSR count). The van der Waals surface area contributed by atoms with Crippen molar-refractivity contribution in [3.8, 4) is 50.7 Å². The van der Waals surface area contributed by atoms with Crippen molar-refractivity contribution in [2.24, 2.45) is 7.05 Å². The molecule has 3 nitrogen and oxygen atoms in total. The highest BCUT2D eigenvalue weighted by molar-refractivity contribution is 6.14. The molecule has 42 heavy (non-hydrogen) atoms. The van der Waals surface area contributed by atoms with Crippen molar-refractivity contribution in [1.29, 1.82) is 5.26 Å². The van der Waals surface area contributed by atoms with Crippen LogP contribution in [0.3, 0.4) is 0 Å². The molecule has 0 radical (unpaired) electrons. The summed E-state index contributed by atoms with van der Waals surface area (Å²) in [6.07, 6.45) is 2.19. The van der Waals surface area contributed by atoms with E-state index in [0.29, 0.717) is 5.56 Å². The van der Waals surface area contributed by atoms with E-state index in [4.69, 9.17) is 4.42 Å². The average molecular weight is 542 g/mol. The minimum atomic E-state index is 0.595. The van der Waals surface area contributed by atoms with Crippen LogP contribution in [0.4, 0.5) is 0 Å². The Hall–Kier alpha value is -5.46. The zero-order chi connectivity index (χ0) is 28.8. The van der Waals surface area contributed by atoms with Crippen LogP contribution in [0.25, 0.3) is 66.6 Å². The predicted octanol–water partition coefficient (Wildman–Crippen LogP) is 9.57. The summed E-state index contributed by atoms with van der Waals surface area (Å²) in [5, 5.41) is 12.2. The second-order valence-corrected chi connectivity index (χ2v) is 10.9. The van der Waals surface area contributed by atoms with Gasteiger partial charge in [-0.15, -0.1) is 0 Å². The molecule has 0 aliphatic carbocycles. The van der Waals surface area contributed by atoms with Crippen molar-refractivity contribution in [3.05, 3.63) is 138 Å². The van der Waals surface area contributed by atoms with Gasteiger partial charge in [-0.2, -0.15) is 5.26 Å². The van der Waals surface area contributed by atoms with Gasteiger partial charge in [0.15, 0.2) is 6.20 Å². The third-order valence-corrected chi connectivity index (χ3v) is 8.21. The van der Waals surface area contributed by atoms with Crippen LogP contribution < -0.4 is 4.57 Å². The van der Waals surface area contributed by atoms with Gasteiger partial charge in [-0.05, 0) is 65.4 Å². The molecule has 0 amide bonds. The second-order valence-electron chi connectivity index (χ2n) is 10.9. The Bertz CT molecular complexity index is 2170. The molecule has 0 aliphatic rings. The summed E-state index contributed by atoms with van der Waals surface area (Å²) in [5.41, 5.74) is 13.0. The van der Waals surface area contributed by atoms with Crippen LogP contribution in [0.5, 0.6) is 0 Å². The first kappa shape index (κ1) is 25.5. The van der Waals surface area contributed by atoms with Crippen LogP contribution in [0, 0.1) is 25.2 Å². The van der Waals surface area contributed by atoms with Gasteiger partial charge in [0, 0.05) is 28.0 Å². The van der Waals surface area contributed by atoms with E-state index in [1.54, 1.807) is 0 Å². The Morgan fingerprint density at radius 1 is 0.595 bits per heavy atom. The normalized spacial score (nSPS) is 11.2. The third kappa shape index (κ3) is 4.17. The van der Waals surface area contributed by atoms with Crippen LogP contribution in [-0.4, -0.2) is 0 Å². The fraction of sp³-hybridized carbons (Fsp3) is 0.0769. The monoisotopic (exact) mass is 541 g/mol. The molecule has 0 aliphatic heterocycles. The standard InChI is InChI=1S/C39H29N2O/c1-25-17-19-32-33-20-18-31(23-40)37(30-16-10-15-29(21-30)27-11-6-4-7-12-27)39(33)42-38(32)36(25)35-22-34(26(2)24-41(35)3)28-13-8-5-9-14-28/h4-22,24H,1-3H3/q+1. The van der Waals surface area contributed by atoms with Crippen molar-refractivity contribution in [3.63, 3.8) is 0 Å². The molecule has 0 N–H and O–H groups in total. The van der Waals surface area contributed by atoms with Crippen molar-refractivity contribution >= 4 is 21.9 Å². The van der Waals surface area contributed by atoms with E-state index in [1.807, 2.05) is 42.5 Å². The van der Waals surface area contributed by atoms with E-state index in [-0.39, 0.29) is 0 Å². The first-order valence-electron chi connectivity index (χ1n) is 14.1. The summed E-state index contributed by atoms with van der Waals surface area (Å²) in [6, 6.07) is 42.1. The van der Waals surface area contributed by atoms with Gasteiger partial charge in [0.2, 0.25) is 5.69 Å². The van der Waals surface area contributed by atoms with Crippen molar-refractivity contribution in [1.82, 2.24) is 0 Å². The van der Waals surface area contributed by atoms with Gasteiger partial charge < -0.3 is 4.42 Å². The van der Waals surface area contributed by atoms with Gasteiger partial charge in [0.1, 0.15) is 18.2 Å². The van der Waals surface area contributed by atoms with Gasteiger partial charge in [-0.1, -0.05) is 91.0 Å². The average Bonchev–Trinajstić information content (AvgIpc) is 3.40. The molecule has 2 aromatic heterocycles. The minimum Gasteiger partial charge on any atom is -0.454 e. The van der Waals surface area contributed by atoms with Gasteiger partial charge in [0.25, 0.3) is 0 Å². The van der Waals surface area contributed by atoms with Crippen LogP contribution in [0.2, 0.25) is 0 Å². The maximum Gasteiger partial charge on any atom is 0.216 e. The fourth-order valence-electron chi connectivity index (χ4n) is 6.14. The van der Waals surface area contributed by atoms with Crippen molar-refractivity contribution in [2.45, 2.75) is 13.8 Å². The molecule has 0 saturated carbocycles. The molecule has 2 heterocycles. The summed E-state index contributed by atoms with van der Waals surface area (Å²) in [5.74, 6) is 0. The summed E-state index contributed by atoms with van der Waals surface area (Å²) >= 11 is 0. The molecular formula is C39H29N2O+. The molecule has 200 valence electrons. The van der Waals surface area contributed by atoms with Gasteiger partial charge in [-0.25, -0.2) is 4.57 Å². The van der Waals surface area contributed by atoms with Crippen LogP contribution in [0.1, 0.15) is 16.7 Å². The maximum atomic E-state index is 10.2. The van der Waals surface area contributed by atoms with Crippen molar-refractivity contribution < 1.29 is 8.98 Å². The number of nitriles is 1. The molecule has 0 atom stereocenters. The topological polar surface area (TPSA) is 40.8 Å². The Kier molecular flexibility index (Phi) is 6.18. The Morgan fingerprint density at radius 3 is 1.93 bits per heavy atom. The maximum absolute atomic E-state index is 10.2.